The maximum absolute atomic E-state index is 9.05. The molecule has 0 aliphatic carbocycles. The maximum Gasteiger partial charge on any atom is 0.121 e. The summed E-state index contributed by atoms with van der Waals surface area (Å²) in [6, 6.07) is 9.85. The molecule has 3 nitrogen and oxygen atoms in total. The first-order chi connectivity index (χ1) is 7.33. The van der Waals surface area contributed by atoms with Crippen molar-refractivity contribution < 1.29 is 4.74 Å². The summed E-state index contributed by atoms with van der Waals surface area (Å²) in [5, 5.41) is 12.2. The van der Waals surface area contributed by atoms with Gasteiger partial charge >= 0.3 is 0 Å². The number of benzene rings is 1. The van der Waals surface area contributed by atoms with Crippen LogP contribution in [0.4, 0.5) is 0 Å². The van der Waals surface area contributed by atoms with Gasteiger partial charge in [0.1, 0.15) is 6.04 Å². The summed E-state index contributed by atoms with van der Waals surface area (Å²) in [5.74, 6) is 0. The quantitative estimate of drug-likeness (QED) is 0.798. The first-order valence-corrected chi connectivity index (χ1v) is 5.03. The van der Waals surface area contributed by atoms with Gasteiger partial charge in [-0.2, -0.15) is 5.26 Å². The number of nitrogens with zero attached hydrogens (tertiary/aromatic N) is 1. The Kier molecular flexibility index (Phi) is 4.82. The molecule has 0 spiro atoms. The molecule has 3 heteroatoms. The van der Waals surface area contributed by atoms with E-state index in [-0.39, 0.29) is 6.04 Å². The van der Waals surface area contributed by atoms with E-state index in [0.717, 1.165) is 17.7 Å². The van der Waals surface area contributed by atoms with Crippen LogP contribution in [0, 0.1) is 11.3 Å². The van der Waals surface area contributed by atoms with Crippen LogP contribution in [0.15, 0.2) is 24.3 Å². The molecule has 0 fully saturated rings. The molecule has 80 valence electrons. The van der Waals surface area contributed by atoms with Crippen LogP contribution in [0.25, 0.3) is 0 Å². The molecule has 0 bridgehead atoms. The Hall–Kier alpha value is -1.37. The molecule has 0 aliphatic heterocycles. The van der Waals surface area contributed by atoms with E-state index in [1.165, 1.54) is 0 Å². The average Bonchev–Trinajstić information content (AvgIpc) is 2.27. The van der Waals surface area contributed by atoms with Crippen molar-refractivity contribution in [3.8, 4) is 6.07 Å². The number of hydrogen-bond acceptors (Lipinski definition) is 3. The molecule has 1 aromatic carbocycles. The van der Waals surface area contributed by atoms with Crippen LogP contribution in [0.1, 0.15) is 24.1 Å². The number of rotatable bonds is 5. The highest BCUT2D eigenvalue weighted by Gasteiger charge is 2.12. The summed E-state index contributed by atoms with van der Waals surface area (Å²) in [5.41, 5.74) is 2.07. The lowest BCUT2D eigenvalue weighted by atomic mass is 10.0. The van der Waals surface area contributed by atoms with Crippen LogP contribution < -0.4 is 5.32 Å². The van der Waals surface area contributed by atoms with Gasteiger partial charge in [-0.15, -0.1) is 0 Å². The zero-order valence-electron chi connectivity index (χ0n) is 9.16. The van der Waals surface area contributed by atoms with Crippen molar-refractivity contribution in [3.05, 3.63) is 35.4 Å². The monoisotopic (exact) mass is 204 g/mol. The smallest absolute Gasteiger partial charge is 0.121 e. The van der Waals surface area contributed by atoms with E-state index in [4.69, 9.17) is 10.00 Å². The van der Waals surface area contributed by atoms with E-state index in [0.29, 0.717) is 6.61 Å². The molecule has 0 heterocycles. The van der Waals surface area contributed by atoms with Crippen LogP contribution in [0.3, 0.4) is 0 Å². The van der Waals surface area contributed by atoms with E-state index < -0.39 is 0 Å². The summed E-state index contributed by atoms with van der Waals surface area (Å²) in [6.07, 6.45) is 0. The van der Waals surface area contributed by atoms with Gasteiger partial charge in [0.15, 0.2) is 0 Å². The van der Waals surface area contributed by atoms with Gasteiger partial charge in [0.05, 0.1) is 12.7 Å². The molecule has 0 saturated carbocycles. The fraction of sp³-hybridized carbons (Fsp3) is 0.417. The largest absolute Gasteiger partial charge is 0.380 e. The second-order valence-corrected chi connectivity index (χ2v) is 3.25. The van der Waals surface area contributed by atoms with Crippen molar-refractivity contribution >= 4 is 0 Å². The molecule has 1 unspecified atom stereocenters. The zero-order valence-corrected chi connectivity index (χ0v) is 9.16. The minimum absolute atomic E-state index is 0.249. The molecule has 1 aromatic rings. The molecule has 1 N–H and O–H groups in total. The normalized spacial score (nSPS) is 12.1. The van der Waals surface area contributed by atoms with E-state index >= 15 is 0 Å². The van der Waals surface area contributed by atoms with Crippen LogP contribution in [0.5, 0.6) is 0 Å². The summed E-state index contributed by atoms with van der Waals surface area (Å²) >= 11 is 0. The molecule has 0 amide bonds. The third-order valence-corrected chi connectivity index (χ3v) is 2.20. The van der Waals surface area contributed by atoms with Crippen molar-refractivity contribution in [2.24, 2.45) is 0 Å². The van der Waals surface area contributed by atoms with Crippen LogP contribution >= 0.6 is 0 Å². The molecule has 1 rings (SSSR count). The molecule has 1 atom stereocenters. The first kappa shape index (κ1) is 11.7. The molecular formula is C12H16N2O. The Morgan fingerprint density at radius 3 is 2.80 bits per heavy atom. The lowest BCUT2D eigenvalue weighted by molar-refractivity contribution is 0.184. The summed E-state index contributed by atoms with van der Waals surface area (Å²) in [4.78, 5) is 0. The number of nitriles is 1. The predicted molar refractivity (Wildman–Crippen MR) is 59.2 cm³/mol. The van der Waals surface area contributed by atoms with Crippen molar-refractivity contribution in [1.29, 1.82) is 5.26 Å². The van der Waals surface area contributed by atoms with Gasteiger partial charge in [0.25, 0.3) is 0 Å². The van der Waals surface area contributed by atoms with Crippen molar-refractivity contribution in [2.75, 3.05) is 13.7 Å². The fourth-order valence-corrected chi connectivity index (χ4v) is 1.53. The number of hydrogen-bond donors (Lipinski definition) is 1. The molecule has 0 aromatic heterocycles. The first-order valence-electron chi connectivity index (χ1n) is 5.03. The van der Waals surface area contributed by atoms with Crippen LogP contribution in [-0.4, -0.2) is 13.7 Å². The second-order valence-electron chi connectivity index (χ2n) is 3.25. The van der Waals surface area contributed by atoms with Crippen molar-refractivity contribution in [1.82, 2.24) is 5.32 Å². The van der Waals surface area contributed by atoms with Gasteiger partial charge < -0.3 is 4.74 Å². The fourth-order valence-electron chi connectivity index (χ4n) is 1.53. The maximum atomic E-state index is 9.05. The Morgan fingerprint density at radius 2 is 2.20 bits per heavy atom. The topological polar surface area (TPSA) is 45.0 Å². The van der Waals surface area contributed by atoms with E-state index in [1.54, 1.807) is 7.11 Å². The third kappa shape index (κ3) is 3.05. The summed E-state index contributed by atoms with van der Waals surface area (Å²) in [6.45, 7) is 3.31. The number of ether oxygens (including phenoxy) is 1. The van der Waals surface area contributed by atoms with Gasteiger partial charge in [-0.25, -0.2) is 0 Å². The molecule has 0 saturated heterocycles. The molecule has 15 heavy (non-hydrogen) atoms. The Morgan fingerprint density at radius 1 is 1.47 bits per heavy atom. The zero-order chi connectivity index (χ0) is 11.1. The molecule has 0 aliphatic rings. The van der Waals surface area contributed by atoms with Crippen LogP contribution in [0.2, 0.25) is 0 Å². The highest BCUT2D eigenvalue weighted by Crippen LogP contribution is 2.18. The van der Waals surface area contributed by atoms with E-state index in [2.05, 4.69) is 11.4 Å². The van der Waals surface area contributed by atoms with Crippen LogP contribution in [-0.2, 0) is 11.3 Å². The Bertz CT molecular complexity index is 344. The minimum Gasteiger partial charge on any atom is -0.380 e. The number of nitrogens with one attached hydrogen (secondary N) is 1. The molecular weight excluding hydrogens is 188 g/mol. The Labute approximate surface area is 90.7 Å². The van der Waals surface area contributed by atoms with Gasteiger partial charge in [-0.1, -0.05) is 31.2 Å². The SMILES string of the molecule is CCNC(C#N)c1ccccc1COC. The predicted octanol–water partition coefficient (Wildman–Crippen LogP) is 2.01. The van der Waals surface area contributed by atoms with Gasteiger partial charge in [-0.3, -0.25) is 5.32 Å². The van der Waals surface area contributed by atoms with Gasteiger partial charge in [0, 0.05) is 7.11 Å². The molecule has 0 radical (unpaired) electrons. The van der Waals surface area contributed by atoms with Crippen molar-refractivity contribution in [2.45, 2.75) is 19.6 Å². The van der Waals surface area contributed by atoms with Gasteiger partial charge in [-0.05, 0) is 17.7 Å². The van der Waals surface area contributed by atoms with E-state index in [9.17, 15) is 0 Å². The third-order valence-electron chi connectivity index (χ3n) is 2.20. The van der Waals surface area contributed by atoms with Gasteiger partial charge in [0.2, 0.25) is 0 Å². The Balaban J connectivity index is 2.95. The van der Waals surface area contributed by atoms with Crippen molar-refractivity contribution in [3.63, 3.8) is 0 Å². The summed E-state index contributed by atoms with van der Waals surface area (Å²) < 4.78 is 5.10. The standard InChI is InChI=1S/C12H16N2O/c1-3-14-12(8-13)11-7-5-4-6-10(11)9-15-2/h4-7,12,14H,3,9H2,1-2H3. The highest BCUT2D eigenvalue weighted by molar-refractivity contribution is 5.32. The van der Waals surface area contributed by atoms with E-state index in [1.807, 2.05) is 31.2 Å². The highest BCUT2D eigenvalue weighted by atomic mass is 16.5. The average molecular weight is 204 g/mol. The lowest BCUT2D eigenvalue weighted by Gasteiger charge is -2.14. The lowest BCUT2D eigenvalue weighted by Crippen LogP contribution is -2.20. The summed E-state index contributed by atoms with van der Waals surface area (Å²) in [7, 11) is 1.66. The minimum atomic E-state index is -0.249. The second kappa shape index (κ2) is 6.18. The number of methoxy groups -OCH3 is 1.